The van der Waals surface area contributed by atoms with Crippen molar-refractivity contribution in [3.05, 3.63) is 35.4 Å². The normalized spacial score (nSPS) is 25.7. The summed E-state index contributed by atoms with van der Waals surface area (Å²) in [7, 11) is 0. The van der Waals surface area contributed by atoms with Crippen LogP contribution in [0.1, 0.15) is 56.5 Å². The molecule has 1 amide bonds. The number of Topliss-reactive ketones (excluding diaryl/α,β-unsaturated/α-hetero) is 1. The van der Waals surface area contributed by atoms with Crippen molar-refractivity contribution in [2.75, 3.05) is 13.2 Å². The van der Waals surface area contributed by atoms with E-state index in [0.717, 1.165) is 17.5 Å². The summed E-state index contributed by atoms with van der Waals surface area (Å²) in [6, 6.07) is 7.65. The van der Waals surface area contributed by atoms with Gasteiger partial charge in [0.25, 0.3) is 0 Å². The lowest BCUT2D eigenvalue weighted by Gasteiger charge is -2.47. The van der Waals surface area contributed by atoms with E-state index in [2.05, 4.69) is 6.92 Å². The summed E-state index contributed by atoms with van der Waals surface area (Å²) in [5, 5.41) is 0. The fourth-order valence-electron chi connectivity index (χ4n) is 4.03. The Labute approximate surface area is 155 Å². The second kappa shape index (κ2) is 7.39. The van der Waals surface area contributed by atoms with Crippen LogP contribution in [-0.4, -0.2) is 47.7 Å². The largest absolute Gasteiger partial charge is 0.444 e. The molecule has 2 atom stereocenters. The van der Waals surface area contributed by atoms with Crippen LogP contribution in [0.15, 0.2) is 24.3 Å². The van der Waals surface area contributed by atoms with Crippen molar-refractivity contribution < 1.29 is 19.1 Å². The lowest BCUT2D eigenvalue weighted by atomic mass is 9.80. The Balaban J connectivity index is 1.77. The van der Waals surface area contributed by atoms with Gasteiger partial charge in [0.15, 0.2) is 5.78 Å². The first-order valence-electron chi connectivity index (χ1n) is 9.51. The third-order valence-corrected chi connectivity index (χ3v) is 5.16. The highest BCUT2D eigenvalue weighted by molar-refractivity contribution is 5.99. The molecule has 2 aliphatic rings. The molecule has 2 unspecified atom stereocenters. The monoisotopic (exact) mass is 359 g/mol. The first-order chi connectivity index (χ1) is 12.3. The minimum absolute atomic E-state index is 0.0692. The van der Waals surface area contributed by atoms with Gasteiger partial charge in [-0.05, 0) is 45.6 Å². The number of hydrogen-bond donors (Lipinski definition) is 0. The summed E-state index contributed by atoms with van der Waals surface area (Å²) in [5.41, 5.74) is 1.39. The summed E-state index contributed by atoms with van der Waals surface area (Å²) in [6.45, 7) is 8.61. The Hall–Kier alpha value is -1.88. The Kier molecular flexibility index (Phi) is 5.37. The Morgan fingerprint density at radius 3 is 2.35 bits per heavy atom. The first-order valence-corrected chi connectivity index (χ1v) is 9.51. The average molecular weight is 359 g/mol. The van der Waals surface area contributed by atoms with Gasteiger partial charge in [0.2, 0.25) is 0 Å². The van der Waals surface area contributed by atoms with Gasteiger partial charge in [-0.3, -0.25) is 9.69 Å². The standard InChI is InChI=1S/C21H29NO4/c1-5-14-8-6-7-9-18(14)19(23)15-10-16-12-25-13-17(11-15)22(16)20(24)26-21(2,3)4/h6-9,15-17H,5,10-13H2,1-4H3. The molecule has 2 bridgehead atoms. The molecular formula is C21H29NO4. The number of ether oxygens (including phenoxy) is 2. The highest BCUT2D eigenvalue weighted by Gasteiger charge is 2.45. The van der Waals surface area contributed by atoms with Crippen LogP contribution in [-0.2, 0) is 15.9 Å². The van der Waals surface area contributed by atoms with Gasteiger partial charge in [-0.1, -0.05) is 31.2 Å². The number of rotatable bonds is 3. The molecule has 0 spiro atoms. The number of fused-ring (bicyclic) bond motifs is 2. The average Bonchev–Trinajstić information content (AvgIpc) is 2.58. The number of aryl methyl sites for hydroxylation is 1. The molecule has 0 saturated carbocycles. The van der Waals surface area contributed by atoms with Crippen molar-refractivity contribution >= 4 is 11.9 Å². The molecule has 5 heteroatoms. The molecule has 1 aromatic rings. The van der Waals surface area contributed by atoms with Crippen LogP contribution in [0.2, 0.25) is 0 Å². The zero-order valence-corrected chi connectivity index (χ0v) is 16.2. The van der Waals surface area contributed by atoms with Crippen molar-refractivity contribution in [1.82, 2.24) is 4.90 Å². The molecule has 142 valence electrons. The molecule has 2 fully saturated rings. The predicted octanol–water partition coefficient (Wildman–Crippen LogP) is 3.85. The molecule has 1 aromatic carbocycles. The van der Waals surface area contributed by atoms with E-state index in [0.29, 0.717) is 26.1 Å². The quantitative estimate of drug-likeness (QED) is 0.769. The van der Waals surface area contributed by atoms with Crippen LogP contribution in [0.5, 0.6) is 0 Å². The number of carbonyl (C=O) groups excluding carboxylic acids is 2. The van der Waals surface area contributed by atoms with Crippen molar-refractivity contribution in [3.8, 4) is 0 Å². The number of nitrogens with zero attached hydrogens (tertiary/aromatic N) is 1. The van der Waals surface area contributed by atoms with Gasteiger partial charge in [-0.25, -0.2) is 4.79 Å². The van der Waals surface area contributed by atoms with E-state index >= 15 is 0 Å². The number of piperidine rings is 1. The summed E-state index contributed by atoms with van der Waals surface area (Å²) in [4.78, 5) is 27.6. The summed E-state index contributed by atoms with van der Waals surface area (Å²) in [5.74, 6) is 0.128. The molecule has 5 nitrogen and oxygen atoms in total. The number of morpholine rings is 1. The summed E-state index contributed by atoms with van der Waals surface area (Å²) in [6.07, 6.45) is 1.81. The smallest absolute Gasteiger partial charge is 0.410 e. The minimum Gasteiger partial charge on any atom is -0.444 e. The van der Waals surface area contributed by atoms with Crippen molar-refractivity contribution in [1.29, 1.82) is 0 Å². The summed E-state index contributed by atoms with van der Waals surface area (Å²) < 4.78 is 11.2. The van der Waals surface area contributed by atoms with Gasteiger partial charge in [-0.15, -0.1) is 0 Å². The second-order valence-electron chi connectivity index (χ2n) is 8.28. The molecule has 2 aliphatic heterocycles. The zero-order chi connectivity index (χ0) is 18.9. The molecule has 2 heterocycles. The molecule has 3 rings (SSSR count). The van der Waals surface area contributed by atoms with Gasteiger partial charge in [0, 0.05) is 11.5 Å². The molecule has 0 aliphatic carbocycles. The first kappa shape index (κ1) is 18.9. The van der Waals surface area contributed by atoms with E-state index in [9.17, 15) is 9.59 Å². The third kappa shape index (κ3) is 3.93. The highest BCUT2D eigenvalue weighted by Crippen LogP contribution is 2.35. The Bertz CT molecular complexity index is 665. The van der Waals surface area contributed by atoms with Gasteiger partial charge < -0.3 is 9.47 Å². The molecule has 26 heavy (non-hydrogen) atoms. The highest BCUT2D eigenvalue weighted by atomic mass is 16.6. The Morgan fingerprint density at radius 2 is 1.77 bits per heavy atom. The van der Waals surface area contributed by atoms with E-state index in [4.69, 9.17) is 9.47 Å². The lowest BCUT2D eigenvalue weighted by molar-refractivity contribution is -0.0861. The third-order valence-electron chi connectivity index (χ3n) is 5.16. The number of amides is 1. The van der Waals surface area contributed by atoms with Crippen LogP contribution in [0, 0.1) is 5.92 Å². The number of ketones is 1. The minimum atomic E-state index is -0.529. The zero-order valence-electron chi connectivity index (χ0n) is 16.2. The van der Waals surface area contributed by atoms with E-state index in [-0.39, 0.29) is 29.9 Å². The lowest BCUT2D eigenvalue weighted by Crippen LogP contribution is -2.60. The van der Waals surface area contributed by atoms with E-state index in [1.165, 1.54) is 0 Å². The predicted molar refractivity (Wildman–Crippen MR) is 99.3 cm³/mol. The van der Waals surface area contributed by atoms with Gasteiger partial charge >= 0.3 is 6.09 Å². The molecular weight excluding hydrogens is 330 g/mol. The van der Waals surface area contributed by atoms with Crippen LogP contribution < -0.4 is 0 Å². The topological polar surface area (TPSA) is 55.8 Å². The summed E-state index contributed by atoms with van der Waals surface area (Å²) >= 11 is 0. The van der Waals surface area contributed by atoms with E-state index < -0.39 is 5.60 Å². The van der Waals surface area contributed by atoms with Crippen LogP contribution in [0.3, 0.4) is 0 Å². The van der Waals surface area contributed by atoms with E-state index in [1.54, 1.807) is 0 Å². The maximum Gasteiger partial charge on any atom is 0.410 e. The maximum atomic E-state index is 13.1. The molecule has 2 saturated heterocycles. The fourth-order valence-corrected chi connectivity index (χ4v) is 4.03. The van der Waals surface area contributed by atoms with Crippen molar-refractivity contribution in [2.24, 2.45) is 5.92 Å². The fraction of sp³-hybridized carbons (Fsp3) is 0.619. The number of hydrogen-bond acceptors (Lipinski definition) is 4. The van der Waals surface area contributed by atoms with Crippen LogP contribution in [0.25, 0.3) is 0 Å². The van der Waals surface area contributed by atoms with Crippen LogP contribution >= 0.6 is 0 Å². The molecule has 0 N–H and O–H groups in total. The van der Waals surface area contributed by atoms with Crippen molar-refractivity contribution in [2.45, 2.75) is 64.6 Å². The number of benzene rings is 1. The number of carbonyl (C=O) groups is 2. The van der Waals surface area contributed by atoms with Crippen LogP contribution in [0.4, 0.5) is 4.79 Å². The van der Waals surface area contributed by atoms with Gasteiger partial charge in [0.1, 0.15) is 5.60 Å². The molecule has 0 radical (unpaired) electrons. The molecule has 0 aromatic heterocycles. The van der Waals surface area contributed by atoms with Gasteiger partial charge in [-0.2, -0.15) is 0 Å². The van der Waals surface area contributed by atoms with E-state index in [1.807, 2.05) is 49.9 Å². The van der Waals surface area contributed by atoms with Crippen molar-refractivity contribution in [3.63, 3.8) is 0 Å². The Morgan fingerprint density at radius 1 is 1.15 bits per heavy atom. The second-order valence-corrected chi connectivity index (χ2v) is 8.28. The SMILES string of the molecule is CCc1ccccc1C(=O)C1CC2COCC(C1)N2C(=O)OC(C)(C)C. The van der Waals surface area contributed by atoms with Gasteiger partial charge in [0.05, 0.1) is 25.3 Å². The maximum absolute atomic E-state index is 13.1.